The van der Waals surface area contributed by atoms with E-state index < -0.39 is 11.8 Å². The first-order valence-corrected chi connectivity index (χ1v) is 6.46. The highest BCUT2D eigenvalue weighted by atomic mass is 79.9. The first kappa shape index (κ1) is 14.3. The number of carbonyl (C=O) groups is 1. The normalized spacial score (nSPS) is 10.3. The zero-order chi connectivity index (χ0) is 14.7. The van der Waals surface area contributed by atoms with Gasteiger partial charge in [0.05, 0.1) is 0 Å². The van der Waals surface area contributed by atoms with Crippen LogP contribution in [0, 0.1) is 5.82 Å². The van der Waals surface area contributed by atoms with Crippen LogP contribution in [-0.2, 0) is 6.61 Å². The van der Waals surface area contributed by atoms with Gasteiger partial charge in [0.1, 0.15) is 23.7 Å². The van der Waals surface area contributed by atoms with Crippen LogP contribution in [0.1, 0.15) is 15.9 Å². The summed E-state index contributed by atoms with van der Waals surface area (Å²) in [4.78, 5) is 11.1. The number of hydrogen-bond acceptors (Lipinski definition) is 3. The lowest BCUT2D eigenvalue weighted by atomic mass is 10.2. The number of nitrogens with two attached hydrogens (primary N) is 1. The number of ether oxygens (including phenoxy) is 1. The molecule has 0 saturated heterocycles. The SMILES string of the molecule is Nc1ccc(C(=O)O)c(OCc2ccc(Br)cc2F)c1. The summed E-state index contributed by atoms with van der Waals surface area (Å²) in [6.07, 6.45) is 0. The van der Waals surface area contributed by atoms with Crippen LogP contribution >= 0.6 is 15.9 Å². The van der Waals surface area contributed by atoms with Gasteiger partial charge in [-0.15, -0.1) is 0 Å². The molecule has 0 heterocycles. The molecule has 0 fully saturated rings. The Balaban J connectivity index is 2.22. The lowest BCUT2D eigenvalue weighted by molar-refractivity contribution is 0.0692. The highest BCUT2D eigenvalue weighted by Gasteiger charge is 2.12. The van der Waals surface area contributed by atoms with E-state index in [2.05, 4.69) is 15.9 Å². The molecule has 0 radical (unpaired) electrons. The predicted octanol–water partition coefficient (Wildman–Crippen LogP) is 3.45. The Morgan fingerprint density at radius 2 is 2.05 bits per heavy atom. The zero-order valence-corrected chi connectivity index (χ0v) is 11.9. The molecule has 104 valence electrons. The monoisotopic (exact) mass is 339 g/mol. The molecule has 0 amide bonds. The van der Waals surface area contributed by atoms with Crippen LogP contribution in [0.5, 0.6) is 5.75 Å². The van der Waals surface area contributed by atoms with Gasteiger partial charge in [-0.25, -0.2) is 9.18 Å². The second-order valence-electron chi connectivity index (χ2n) is 4.09. The van der Waals surface area contributed by atoms with Crippen molar-refractivity contribution in [2.45, 2.75) is 6.61 Å². The minimum Gasteiger partial charge on any atom is -0.488 e. The highest BCUT2D eigenvalue weighted by Crippen LogP contribution is 2.24. The van der Waals surface area contributed by atoms with Gasteiger partial charge >= 0.3 is 5.97 Å². The van der Waals surface area contributed by atoms with Crippen molar-refractivity contribution in [3.05, 3.63) is 57.8 Å². The lowest BCUT2D eigenvalue weighted by Crippen LogP contribution is -2.05. The Bertz CT molecular complexity index is 661. The largest absolute Gasteiger partial charge is 0.488 e. The van der Waals surface area contributed by atoms with Crippen LogP contribution in [0.2, 0.25) is 0 Å². The number of anilines is 1. The van der Waals surface area contributed by atoms with Crippen LogP contribution in [0.3, 0.4) is 0 Å². The van der Waals surface area contributed by atoms with Gasteiger partial charge in [0.25, 0.3) is 0 Å². The number of halogens is 2. The summed E-state index contributed by atoms with van der Waals surface area (Å²) in [5.41, 5.74) is 6.28. The molecule has 20 heavy (non-hydrogen) atoms. The molecule has 0 unspecified atom stereocenters. The molecule has 0 atom stereocenters. The van der Waals surface area contributed by atoms with E-state index in [4.69, 9.17) is 15.6 Å². The second kappa shape index (κ2) is 5.92. The summed E-state index contributed by atoms with van der Waals surface area (Å²) in [5.74, 6) is -1.45. The lowest BCUT2D eigenvalue weighted by Gasteiger charge is -2.10. The average Bonchev–Trinajstić information content (AvgIpc) is 2.37. The Morgan fingerprint density at radius 1 is 1.30 bits per heavy atom. The molecule has 6 heteroatoms. The summed E-state index contributed by atoms with van der Waals surface area (Å²) in [6, 6.07) is 8.78. The van der Waals surface area contributed by atoms with E-state index in [1.807, 2.05) is 0 Å². The van der Waals surface area contributed by atoms with Gasteiger partial charge in [0.15, 0.2) is 0 Å². The number of benzene rings is 2. The highest BCUT2D eigenvalue weighted by molar-refractivity contribution is 9.10. The van der Waals surface area contributed by atoms with E-state index in [9.17, 15) is 9.18 Å². The van der Waals surface area contributed by atoms with Crippen LogP contribution in [0.15, 0.2) is 40.9 Å². The Morgan fingerprint density at radius 3 is 2.70 bits per heavy atom. The minimum atomic E-state index is -1.13. The fourth-order valence-corrected chi connectivity index (χ4v) is 1.96. The predicted molar refractivity (Wildman–Crippen MR) is 76.2 cm³/mol. The summed E-state index contributed by atoms with van der Waals surface area (Å²) >= 11 is 3.16. The van der Waals surface area contributed by atoms with Gasteiger partial charge < -0.3 is 15.6 Å². The molecule has 0 aromatic heterocycles. The molecule has 0 aliphatic carbocycles. The van der Waals surface area contributed by atoms with Crippen molar-refractivity contribution < 1.29 is 19.0 Å². The van der Waals surface area contributed by atoms with E-state index in [-0.39, 0.29) is 17.9 Å². The first-order valence-electron chi connectivity index (χ1n) is 5.67. The first-order chi connectivity index (χ1) is 9.47. The molecule has 2 aromatic rings. The van der Waals surface area contributed by atoms with Crippen molar-refractivity contribution >= 4 is 27.6 Å². The smallest absolute Gasteiger partial charge is 0.339 e. The van der Waals surface area contributed by atoms with E-state index >= 15 is 0 Å². The number of aromatic carboxylic acids is 1. The van der Waals surface area contributed by atoms with Crippen molar-refractivity contribution in [3.63, 3.8) is 0 Å². The maximum Gasteiger partial charge on any atom is 0.339 e. The van der Waals surface area contributed by atoms with Crippen molar-refractivity contribution in [1.82, 2.24) is 0 Å². The number of hydrogen-bond donors (Lipinski definition) is 2. The van der Waals surface area contributed by atoms with Gasteiger partial charge in [-0.3, -0.25) is 0 Å². The molecular formula is C14H11BrFNO3. The average molecular weight is 340 g/mol. The third-order valence-electron chi connectivity index (χ3n) is 2.63. The Labute approximate surface area is 123 Å². The Kier molecular flexibility index (Phi) is 4.24. The van der Waals surface area contributed by atoms with E-state index in [1.54, 1.807) is 12.1 Å². The van der Waals surface area contributed by atoms with Crippen LogP contribution < -0.4 is 10.5 Å². The van der Waals surface area contributed by atoms with Crippen molar-refractivity contribution in [3.8, 4) is 5.75 Å². The van der Waals surface area contributed by atoms with Gasteiger partial charge in [-0.1, -0.05) is 22.0 Å². The van der Waals surface area contributed by atoms with Crippen LogP contribution in [0.25, 0.3) is 0 Å². The van der Waals surface area contributed by atoms with E-state index in [0.717, 1.165) is 0 Å². The number of nitrogen functional groups attached to an aromatic ring is 1. The van der Waals surface area contributed by atoms with Gasteiger partial charge in [0, 0.05) is 21.8 Å². The molecule has 0 saturated carbocycles. The molecular weight excluding hydrogens is 329 g/mol. The maximum absolute atomic E-state index is 13.6. The van der Waals surface area contributed by atoms with Crippen molar-refractivity contribution in [2.75, 3.05) is 5.73 Å². The second-order valence-corrected chi connectivity index (χ2v) is 5.00. The fourth-order valence-electron chi connectivity index (χ4n) is 1.63. The van der Waals surface area contributed by atoms with Gasteiger partial charge in [-0.05, 0) is 24.3 Å². The van der Waals surface area contributed by atoms with Crippen molar-refractivity contribution in [2.24, 2.45) is 0 Å². The molecule has 0 aliphatic rings. The molecule has 0 spiro atoms. The number of rotatable bonds is 4. The standard InChI is InChI=1S/C14H11BrFNO3/c15-9-2-1-8(12(16)5-9)7-20-13-6-10(17)3-4-11(13)14(18)19/h1-6H,7,17H2,(H,18,19). The van der Waals surface area contributed by atoms with E-state index in [1.165, 1.54) is 24.3 Å². The molecule has 4 nitrogen and oxygen atoms in total. The third-order valence-corrected chi connectivity index (χ3v) is 3.13. The van der Waals surface area contributed by atoms with Crippen LogP contribution in [0.4, 0.5) is 10.1 Å². The zero-order valence-electron chi connectivity index (χ0n) is 10.3. The topological polar surface area (TPSA) is 72.6 Å². The van der Waals surface area contributed by atoms with Crippen LogP contribution in [-0.4, -0.2) is 11.1 Å². The quantitative estimate of drug-likeness (QED) is 0.837. The third kappa shape index (κ3) is 3.27. The molecule has 2 aromatic carbocycles. The van der Waals surface area contributed by atoms with E-state index in [0.29, 0.717) is 15.7 Å². The van der Waals surface area contributed by atoms with Gasteiger partial charge in [0.2, 0.25) is 0 Å². The molecule has 2 rings (SSSR count). The molecule has 0 bridgehead atoms. The maximum atomic E-state index is 13.6. The summed E-state index contributed by atoms with van der Waals surface area (Å²) in [6.45, 7) is -0.0805. The molecule has 0 aliphatic heterocycles. The number of carboxylic acids is 1. The number of carboxylic acid groups (broad SMARTS) is 1. The van der Waals surface area contributed by atoms with Crippen molar-refractivity contribution in [1.29, 1.82) is 0 Å². The summed E-state index contributed by atoms with van der Waals surface area (Å²) < 4.78 is 19.6. The summed E-state index contributed by atoms with van der Waals surface area (Å²) in [7, 11) is 0. The Hall–Kier alpha value is -2.08. The fraction of sp³-hybridized carbons (Fsp3) is 0.0714. The molecule has 3 N–H and O–H groups in total. The summed E-state index contributed by atoms with van der Waals surface area (Å²) in [5, 5.41) is 9.04. The van der Waals surface area contributed by atoms with Gasteiger partial charge in [-0.2, -0.15) is 0 Å². The minimum absolute atomic E-state index is 0.0169.